The quantitative estimate of drug-likeness (QED) is 0.343. The monoisotopic (exact) mass is 547 g/mol. The number of benzene rings is 2. The number of sulfonamides is 1. The molecule has 0 amide bonds. The molecule has 0 bridgehead atoms. The third-order valence-corrected chi connectivity index (χ3v) is 7.81. The molecule has 2 aromatic heterocycles. The summed E-state index contributed by atoms with van der Waals surface area (Å²) in [5, 5.41) is 12.5. The summed E-state index contributed by atoms with van der Waals surface area (Å²) >= 11 is 0. The van der Waals surface area contributed by atoms with Crippen LogP contribution in [-0.2, 0) is 35.8 Å². The molecule has 2 aromatic carbocycles. The number of nitrogens with one attached hydrogen (secondary N) is 2. The molecule has 1 aliphatic heterocycles. The first-order valence-corrected chi connectivity index (χ1v) is 13.3. The van der Waals surface area contributed by atoms with Crippen LogP contribution in [0.3, 0.4) is 0 Å². The summed E-state index contributed by atoms with van der Waals surface area (Å²) in [6, 6.07) is 8.78. The molecule has 0 radical (unpaired) electrons. The molecular formula is C25H30ClN5O5S. The Balaban J connectivity index is 0.00000320. The summed E-state index contributed by atoms with van der Waals surface area (Å²) in [5.41, 5.74) is 4.66. The van der Waals surface area contributed by atoms with Gasteiger partial charge in [0.1, 0.15) is 21.8 Å². The second-order valence-corrected chi connectivity index (χ2v) is 10.3. The summed E-state index contributed by atoms with van der Waals surface area (Å²) in [7, 11) is -1.05. The van der Waals surface area contributed by atoms with E-state index >= 15 is 0 Å². The van der Waals surface area contributed by atoms with E-state index in [1.807, 2.05) is 36.0 Å². The Morgan fingerprint density at radius 3 is 2.62 bits per heavy atom. The molecule has 12 heteroatoms. The van der Waals surface area contributed by atoms with Gasteiger partial charge in [0, 0.05) is 18.7 Å². The van der Waals surface area contributed by atoms with Gasteiger partial charge in [-0.05, 0) is 60.3 Å². The predicted molar refractivity (Wildman–Crippen MR) is 143 cm³/mol. The summed E-state index contributed by atoms with van der Waals surface area (Å²) in [4.78, 5) is 0.0324. The van der Waals surface area contributed by atoms with Gasteiger partial charge in [-0.1, -0.05) is 18.1 Å². The first kappa shape index (κ1) is 26.8. The number of aryl methyl sites for hydroxylation is 1. The summed E-state index contributed by atoms with van der Waals surface area (Å²) in [5.74, 6) is 0.752. The van der Waals surface area contributed by atoms with Gasteiger partial charge in [0.2, 0.25) is 0 Å². The van der Waals surface area contributed by atoms with E-state index in [4.69, 9.17) is 14.0 Å². The summed E-state index contributed by atoms with van der Waals surface area (Å²) in [6.45, 7) is 4.35. The van der Waals surface area contributed by atoms with E-state index in [9.17, 15) is 8.42 Å². The van der Waals surface area contributed by atoms with Gasteiger partial charge in [-0.2, -0.15) is 5.10 Å². The summed E-state index contributed by atoms with van der Waals surface area (Å²) in [6.07, 6.45) is 4.48. The zero-order valence-electron chi connectivity index (χ0n) is 20.9. The van der Waals surface area contributed by atoms with Crippen molar-refractivity contribution in [3.05, 3.63) is 58.9 Å². The molecule has 10 nitrogen and oxygen atoms in total. The minimum absolute atomic E-state index is 0. The number of hydrogen-bond acceptors (Lipinski definition) is 8. The van der Waals surface area contributed by atoms with E-state index in [1.54, 1.807) is 12.1 Å². The number of hydrogen-bond donors (Lipinski definition) is 2. The van der Waals surface area contributed by atoms with Crippen LogP contribution in [0.2, 0.25) is 0 Å². The average molecular weight is 548 g/mol. The topological polar surface area (TPSA) is 121 Å². The highest BCUT2D eigenvalue weighted by Crippen LogP contribution is 2.36. The van der Waals surface area contributed by atoms with Crippen molar-refractivity contribution in [1.82, 2.24) is 20.3 Å². The van der Waals surface area contributed by atoms with Gasteiger partial charge in [-0.15, -0.1) is 12.4 Å². The van der Waals surface area contributed by atoms with Gasteiger partial charge < -0.3 is 19.3 Å². The molecular weight excluding hydrogens is 518 g/mol. The molecule has 0 fully saturated rings. The van der Waals surface area contributed by atoms with E-state index in [0.717, 1.165) is 37.1 Å². The van der Waals surface area contributed by atoms with E-state index in [-0.39, 0.29) is 28.9 Å². The Kier molecular flexibility index (Phi) is 7.96. The number of anilines is 1. The van der Waals surface area contributed by atoms with Crippen LogP contribution in [0.4, 0.5) is 5.82 Å². The van der Waals surface area contributed by atoms with Crippen molar-refractivity contribution in [3.8, 4) is 11.5 Å². The first-order chi connectivity index (χ1) is 17.4. The normalized spacial score (nSPS) is 13.5. The Hall–Kier alpha value is -3.28. The van der Waals surface area contributed by atoms with E-state index < -0.39 is 10.0 Å². The van der Waals surface area contributed by atoms with Crippen LogP contribution < -0.4 is 19.5 Å². The molecule has 0 atom stereocenters. The fourth-order valence-corrected chi connectivity index (χ4v) is 5.78. The van der Waals surface area contributed by atoms with Gasteiger partial charge in [-0.25, -0.2) is 8.42 Å². The maximum Gasteiger partial charge on any atom is 0.266 e. The zero-order valence-corrected chi connectivity index (χ0v) is 22.5. The number of rotatable bonds is 8. The second-order valence-electron chi connectivity index (χ2n) is 8.67. The van der Waals surface area contributed by atoms with Gasteiger partial charge in [0.25, 0.3) is 10.0 Å². The fourth-order valence-electron chi connectivity index (χ4n) is 4.56. The SMILES string of the molecule is CCc1ccc(OC)c(S(=O)(=O)Nc2noc3cc(Cn4ncc5c4CCNCC5)cc(OC)c23)c1.Cl. The minimum Gasteiger partial charge on any atom is -0.496 e. The standard InChI is InChI=1S/C25H29N5O5S.ClH/c1-4-16-5-6-20(33-2)23(13-16)36(31,32)29-25-24-21(34-3)11-17(12-22(24)35-28-25)15-30-19-8-10-26-9-7-18(19)14-27-30;/h5-6,11-14,26H,4,7-10,15H2,1-3H3,(H,28,29);1H. The highest BCUT2D eigenvalue weighted by molar-refractivity contribution is 7.92. The minimum atomic E-state index is -4.01. The Bertz CT molecular complexity index is 1520. The Labute approximate surface area is 221 Å². The predicted octanol–water partition coefficient (Wildman–Crippen LogP) is 3.56. The van der Waals surface area contributed by atoms with Crippen molar-refractivity contribution >= 4 is 39.2 Å². The molecule has 0 unspecified atom stereocenters. The molecule has 198 valence electrons. The van der Waals surface area contributed by atoms with Crippen LogP contribution in [0.1, 0.15) is 29.3 Å². The van der Waals surface area contributed by atoms with Gasteiger partial charge in [0.15, 0.2) is 11.4 Å². The van der Waals surface area contributed by atoms with Crippen LogP contribution >= 0.6 is 12.4 Å². The molecule has 2 N–H and O–H groups in total. The number of aromatic nitrogens is 3. The van der Waals surface area contributed by atoms with Crippen molar-refractivity contribution in [3.63, 3.8) is 0 Å². The highest BCUT2D eigenvalue weighted by atomic mass is 35.5. The lowest BCUT2D eigenvalue weighted by atomic mass is 10.1. The largest absolute Gasteiger partial charge is 0.496 e. The first-order valence-electron chi connectivity index (χ1n) is 11.8. The van der Waals surface area contributed by atoms with E-state index in [0.29, 0.717) is 29.7 Å². The lowest BCUT2D eigenvalue weighted by molar-refractivity contribution is 0.402. The Morgan fingerprint density at radius 2 is 1.86 bits per heavy atom. The van der Waals surface area contributed by atoms with Crippen LogP contribution in [0.15, 0.2) is 45.9 Å². The van der Waals surface area contributed by atoms with Crippen LogP contribution in [0.25, 0.3) is 11.0 Å². The van der Waals surface area contributed by atoms with E-state index in [1.165, 1.54) is 25.5 Å². The maximum atomic E-state index is 13.3. The summed E-state index contributed by atoms with van der Waals surface area (Å²) < 4.78 is 47.6. The maximum absolute atomic E-state index is 13.3. The van der Waals surface area contributed by atoms with Crippen molar-refractivity contribution in [1.29, 1.82) is 0 Å². The van der Waals surface area contributed by atoms with Gasteiger partial charge in [0.05, 0.1) is 27.0 Å². The molecule has 4 aromatic rings. The van der Waals surface area contributed by atoms with Crippen molar-refractivity contribution < 1.29 is 22.4 Å². The lowest BCUT2D eigenvalue weighted by Crippen LogP contribution is -2.17. The van der Waals surface area contributed by atoms with E-state index in [2.05, 4.69) is 20.3 Å². The number of methoxy groups -OCH3 is 2. The molecule has 0 saturated carbocycles. The van der Waals surface area contributed by atoms with Crippen LogP contribution in [0.5, 0.6) is 11.5 Å². The van der Waals surface area contributed by atoms with Crippen LogP contribution in [-0.4, -0.2) is 50.7 Å². The number of ether oxygens (including phenoxy) is 2. The highest BCUT2D eigenvalue weighted by Gasteiger charge is 2.25. The number of fused-ring (bicyclic) bond motifs is 2. The molecule has 1 aliphatic rings. The molecule has 0 spiro atoms. The third kappa shape index (κ3) is 5.25. The average Bonchev–Trinajstić information content (AvgIpc) is 3.37. The molecule has 3 heterocycles. The molecule has 0 aliphatic carbocycles. The second kappa shape index (κ2) is 11.0. The fraction of sp³-hybridized carbons (Fsp3) is 0.360. The zero-order chi connectivity index (χ0) is 25.3. The molecule has 5 rings (SSSR count). The molecule has 0 saturated heterocycles. The van der Waals surface area contributed by atoms with Crippen LogP contribution in [0, 0.1) is 0 Å². The van der Waals surface area contributed by atoms with Crippen molar-refractivity contribution in [2.24, 2.45) is 0 Å². The smallest absolute Gasteiger partial charge is 0.266 e. The lowest BCUT2D eigenvalue weighted by Gasteiger charge is -2.12. The third-order valence-electron chi connectivity index (χ3n) is 6.45. The van der Waals surface area contributed by atoms with Gasteiger partial charge in [-0.3, -0.25) is 9.40 Å². The number of halogens is 1. The molecule has 37 heavy (non-hydrogen) atoms. The van der Waals surface area contributed by atoms with Crippen molar-refractivity contribution in [2.45, 2.75) is 37.6 Å². The Morgan fingerprint density at radius 1 is 1.08 bits per heavy atom. The van der Waals surface area contributed by atoms with Gasteiger partial charge >= 0.3 is 0 Å². The van der Waals surface area contributed by atoms with Crippen molar-refractivity contribution in [2.75, 3.05) is 32.0 Å². The number of nitrogens with zero attached hydrogens (tertiary/aromatic N) is 3.